The van der Waals surface area contributed by atoms with Crippen molar-refractivity contribution in [2.45, 2.75) is 12.5 Å². The van der Waals surface area contributed by atoms with Crippen LogP contribution < -0.4 is 5.32 Å². The molecule has 2 rings (SSSR count). The summed E-state index contributed by atoms with van der Waals surface area (Å²) in [6.45, 7) is 1.88. The lowest BCUT2D eigenvalue weighted by molar-refractivity contribution is 0.134. The van der Waals surface area contributed by atoms with Crippen LogP contribution in [0.4, 0.5) is 17.6 Å². The lowest BCUT2D eigenvalue weighted by Gasteiger charge is -2.35. The predicted molar refractivity (Wildman–Crippen MR) is 72.4 cm³/mol. The molecular formula is C13H17ClF4N2O. The Morgan fingerprint density at radius 2 is 1.62 bits per heavy atom. The molecular weight excluding hydrogens is 312 g/mol. The summed E-state index contributed by atoms with van der Waals surface area (Å²) in [7, 11) is 0. The Hall–Kier alpha value is -0.890. The van der Waals surface area contributed by atoms with Crippen molar-refractivity contribution in [1.29, 1.82) is 0 Å². The molecule has 1 aromatic carbocycles. The largest absolute Gasteiger partial charge is 0.396 e. The van der Waals surface area contributed by atoms with Crippen LogP contribution >= 0.6 is 12.4 Å². The third-order valence-corrected chi connectivity index (χ3v) is 3.47. The average molecular weight is 329 g/mol. The highest BCUT2D eigenvalue weighted by Crippen LogP contribution is 2.31. The fraction of sp³-hybridized carbons (Fsp3) is 0.538. The summed E-state index contributed by atoms with van der Waals surface area (Å²) in [5, 5.41) is 12.1. The number of halogens is 5. The Kier molecular flexibility index (Phi) is 6.86. The van der Waals surface area contributed by atoms with Gasteiger partial charge in [-0.15, -0.1) is 12.4 Å². The van der Waals surface area contributed by atoms with Gasteiger partial charge in [-0.25, -0.2) is 17.6 Å². The minimum atomic E-state index is -1.42. The molecule has 1 aliphatic rings. The van der Waals surface area contributed by atoms with Crippen LogP contribution in [-0.4, -0.2) is 42.8 Å². The topological polar surface area (TPSA) is 35.5 Å². The van der Waals surface area contributed by atoms with Gasteiger partial charge in [0.1, 0.15) is 0 Å². The van der Waals surface area contributed by atoms with E-state index in [9.17, 15) is 17.6 Å². The average Bonchev–Trinajstić information content (AvgIpc) is 2.45. The Bertz CT molecular complexity index is 457. The Balaban J connectivity index is 0.00000220. The molecule has 1 aromatic rings. The van der Waals surface area contributed by atoms with E-state index in [0.29, 0.717) is 26.2 Å². The molecule has 0 aliphatic carbocycles. The molecule has 21 heavy (non-hydrogen) atoms. The van der Waals surface area contributed by atoms with Gasteiger partial charge in [-0.2, -0.15) is 0 Å². The standard InChI is InChI=1S/C13H16F4N2O.ClH/c14-8-7-9(15)13(17)11(12(8)16)10(1-6-20)19-4-2-18-3-5-19;/h7,10,18,20H,1-6H2;1H/t10-;/m1./s1. The number of aliphatic hydroxyl groups is 1. The van der Waals surface area contributed by atoms with Crippen molar-refractivity contribution in [3.8, 4) is 0 Å². The highest BCUT2D eigenvalue weighted by atomic mass is 35.5. The summed E-state index contributed by atoms with van der Waals surface area (Å²) < 4.78 is 54.4. The smallest absolute Gasteiger partial charge is 0.166 e. The minimum Gasteiger partial charge on any atom is -0.396 e. The molecule has 0 saturated carbocycles. The number of piperazine rings is 1. The van der Waals surface area contributed by atoms with Crippen molar-refractivity contribution in [1.82, 2.24) is 10.2 Å². The molecule has 0 unspecified atom stereocenters. The van der Waals surface area contributed by atoms with E-state index in [4.69, 9.17) is 5.11 Å². The third-order valence-electron chi connectivity index (χ3n) is 3.47. The zero-order valence-corrected chi connectivity index (χ0v) is 12.0. The van der Waals surface area contributed by atoms with Gasteiger partial charge in [-0.05, 0) is 6.42 Å². The SMILES string of the molecule is Cl.OCC[C@H](c1c(F)c(F)cc(F)c1F)N1CCNCC1. The molecule has 0 amide bonds. The maximum Gasteiger partial charge on any atom is 0.166 e. The minimum absolute atomic E-state index is 0. The summed E-state index contributed by atoms with van der Waals surface area (Å²) >= 11 is 0. The molecule has 120 valence electrons. The van der Waals surface area contributed by atoms with Gasteiger partial charge in [-0.3, -0.25) is 4.90 Å². The van der Waals surface area contributed by atoms with Crippen molar-refractivity contribution >= 4 is 12.4 Å². The number of hydrogen-bond acceptors (Lipinski definition) is 3. The molecule has 1 fully saturated rings. The predicted octanol–water partition coefficient (Wildman–Crippen LogP) is 1.99. The van der Waals surface area contributed by atoms with Crippen molar-refractivity contribution in [2.24, 2.45) is 0 Å². The number of nitrogens with one attached hydrogen (secondary N) is 1. The first kappa shape index (κ1) is 18.2. The van der Waals surface area contributed by atoms with Crippen LogP contribution in [0.2, 0.25) is 0 Å². The molecule has 0 spiro atoms. The number of benzene rings is 1. The van der Waals surface area contributed by atoms with Gasteiger partial charge >= 0.3 is 0 Å². The zero-order chi connectivity index (χ0) is 14.7. The van der Waals surface area contributed by atoms with Gasteiger partial charge in [-0.1, -0.05) is 0 Å². The van der Waals surface area contributed by atoms with Gasteiger partial charge in [0, 0.05) is 50.5 Å². The third kappa shape index (κ3) is 3.85. The van der Waals surface area contributed by atoms with Crippen molar-refractivity contribution in [3.05, 3.63) is 34.9 Å². The van der Waals surface area contributed by atoms with Crippen LogP contribution in [0.3, 0.4) is 0 Å². The summed E-state index contributed by atoms with van der Waals surface area (Å²) in [6, 6.07) is -0.686. The van der Waals surface area contributed by atoms with E-state index in [0.717, 1.165) is 0 Å². The summed E-state index contributed by atoms with van der Waals surface area (Å²) in [5.74, 6) is -5.62. The molecule has 1 heterocycles. The van der Waals surface area contributed by atoms with Gasteiger partial charge in [0.15, 0.2) is 23.3 Å². The van der Waals surface area contributed by atoms with E-state index < -0.39 is 34.9 Å². The fourth-order valence-electron chi connectivity index (χ4n) is 2.51. The molecule has 0 bridgehead atoms. The highest BCUT2D eigenvalue weighted by molar-refractivity contribution is 5.85. The lowest BCUT2D eigenvalue weighted by Crippen LogP contribution is -2.45. The monoisotopic (exact) mass is 328 g/mol. The van der Waals surface area contributed by atoms with Crippen LogP contribution in [0.25, 0.3) is 0 Å². The van der Waals surface area contributed by atoms with E-state index in [1.54, 1.807) is 4.90 Å². The second kappa shape index (κ2) is 7.93. The van der Waals surface area contributed by atoms with Crippen molar-refractivity contribution in [2.75, 3.05) is 32.8 Å². The zero-order valence-electron chi connectivity index (χ0n) is 11.2. The lowest BCUT2D eigenvalue weighted by atomic mass is 9.99. The Labute approximate surface area is 126 Å². The van der Waals surface area contributed by atoms with E-state index >= 15 is 0 Å². The number of rotatable bonds is 4. The second-order valence-corrected chi connectivity index (χ2v) is 4.70. The van der Waals surface area contributed by atoms with Crippen molar-refractivity contribution in [3.63, 3.8) is 0 Å². The Morgan fingerprint density at radius 1 is 1.10 bits per heavy atom. The normalized spacial score (nSPS) is 17.4. The fourth-order valence-corrected chi connectivity index (χ4v) is 2.51. The maximum atomic E-state index is 13.9. The van der Waals surface area contributed by atoms with Crippen LogP contribution in [0.1, 0.15) is 18.0 Å². The van der Waals surface area contributed by atoms with E-state index in [1.165, 1.54) is 0 Å². The Morgan fingerprint density at radius 3 is 2.10 bits per heavy atom. The number of aliphatic hydroxyl groups excluding tert-OH is 1. The summed E-state index contributed by atoms with van der Waals surface area (Å²) in [6.07, 6.45) is 0.0106. The summed E-state index contributed by atoms with van der Waals surface area (Å²) in [4.78, 5) is 1.72. The molecule has 1 aliphatic heterocycles. The molecule has 0 aromatic heterocycles. The van der Waals surface area contributed by atoms with Gasteiger partial charge < -0.3 is 10.4 Å². The molecule has 0 radical (unpaired) electrons. The molecule has 3 nitrogen and oxygen atoms in total. The first-order valence-corrected chi connectivity index (χ1v) is 6.44. The molecule has 2 N–H and O–H groups in total. The van der Waals surface area contributed by atoms with E-state index in [-0.39, 0.29) is 31.5 Å². The van der Waals surface area contributed by atoms with Crippen LogP contribution in [0, 0.1) is 23.3 Å². The molecule has 1 atom stereocenters. The quantitative estimate of drug-likeness (QED) is 0.655. The van der Waals surface area contributed by atoms with Crippen molar-refractivity contribution < 1.29 is 22.7 Å². The first-order chi connectivity index (χ1) is 9.56. The second-order valence-electron chi connectivity index (χ2n) is 4.70. The number of nitrogens with zero attached hydrogens (tertiary/aromatic N) is 1. The van der Waals surface area contributed by atoms with Gasteiger partial charge in [0.05, 0.1) is 0 Å². The summed E-state index contributed by atoms with van der Waals surface area (Å²) in [5.41, 5.74) is -0.640. The first-order valence-electron chi connectivity index (χ1n) is 6.44. The maximum absolute atomic E-state index is 13.9. The van der Waals surface area contributed by atoms with Gasteiger partial charge in [0.2, 0.25) is 0 Å². The number of hydrogen-bond donors (Lipinski definition) is 2. The van der Waals surface area contributed by atoms with E-state index in [2.05, 4.69) is 5.32 Å². The van der Waals surface area contributed by atoms with E-state index in [1.807, 2.05) is 0 Å². The molecule has 8 heteroatoms. The highest BCUT2D eigenvalue weighted by Gasteiger charge is 2.30. The van der Waals surface area contributed by atoms with Crippen LogP contribution in [-0.2, 0) is 0 Å². The van der Waals surface area contributed by atoms with Crippen LogP contribution in [0.15, 0.2) is 6.07 Å². The van der Waals surface area contributed by atoms with Gasteiger partial charge in [0.25, 0.3) is 0 Å². The van der Waals surface area contributed by atoms with Crippen LogP contribution in [0.5, 0.6) is 0 Å². The molecule has 1 saturated heterocycles.